The zero-order valence-corrected chi connectivity index (χ0v) is 28.7. The van der Waals surface area contributed by atoms with Gasteiger partial charge in [0, 0.05) is 31.6 Å². The first-order chi connectivity index (χ1) is 21.3. The van der Waals surface area contributed by atoms with Gasteiger partial charge in [0.15, 0.2) is 9.34 Å². The van der Waals surface area contributed by atoms with Crippen molar-refractivity contribution in [2.75, 3.05) is 31.9 Å². The van der Waals surface area contributed by atoms with Crippen LogP contribution in [-0.4, -0.2) is 93.9 Å². The van der Waals surface area contributed by atoms with Crippen LogP contribution >= 0.6 is 22.7 Å². The largest absolute Gasteiger partial charge is 0.390 e. The quantitative estimate of drug-likeness (QED) is 0.221. The van der Waals surface area contributed by atoms with Gasteiger partial charge in [0.1, 0.15) is 6.04 Å². The molecule has 1 aliphatic rings. The Balaban J connectivity index is 1.56. The summed E-state index contributed by atoms with van der Waals surface area (Å²) in [5, 5.41) is 17.6. The molecule has 3 amide bonds. The summed E-state index contributed by atoms with van der Waals surface area (Å²) in [5.74, 6) is -0.667. The molecule has 0 unspecified atom stereocenters. The lowest BCUT2D eigenvalue weighted by atomic mass is 9.97. The van der Waals surface area contributed by atoms with E-state index in [1.165, 1.54) is 21.8 Å². The van der Waals surface area contributed by atoms with Gasteiger partial charge >= 0.3 is 6.03 Å². The summed E-state index contributed by atoms with van der Waals surface area (Å²) in [7, 11) is -4.01. The Kier molecular flexibility index (Phi) is 11.6. The van der Waals surface area contributed by atoms with Gasteiger partial charge < -0.3 is 26.0 Å². The number of rotatable bonds is 15. The molecule has 12 nitrogen and oxygen atoms in total. The molecule has 0 radical (unpaired) electrons. The number of nitrogens with one attached hydrogen (secondary N) is 1. The van der Waals surface area contributed by atoms with Gasteiger partial charge in [-0.15, -0.1) is 11.3 Å². The normalized spacial score (nSPS) is 16.2. The number of hydrogen-bond donors (Lipinski definition) is 3. The molecule has 0 bridgehead atoms. The number of nitrogens with two attached hydrogens (primary N) is 1. The number of aliphatic hydroxyl groups excluding tert-OH is 1. The summed E-state index contributed by atoms with van der Waals surface area (Å²) in [6, 6.07) is 7.49. The van der Waals surface area contributed by atoms with Crippen molar-refractivity contribution in [2.45, 2.75) is 70.0 Å². The summed E-state index contributed by atoms with van der Waals surface area (Å²) in [4.78, 5) is 39.1. The van der Waals surface area contributed by atoms with Crippen molar-refractivity contribution in [3.8, 4) is 0 Å². The van der Waals surface area contributed by atoms with Crippen LogP contribution in [0.1, 0.15) is 44.0 Å². The van der Waals surface area contributed by atoms with E-state index in [1.807, 2.05) is 70.3 Å². The number of amides is 3. The molecular formula is C30H43N7O5S3. The molecule has 4 rings (SSSR count). The number of carbonyl (C=O) groups is 2. The van der Waals surface area contributed by atoms with Crippen LogP contribution in [-0.2, 0) is 27.8 Å². The highest BCUT2D eigenvalue weighted by Gasteiger charge is 2.40. The van der Waals surface area contributed by atoms with Gasteiger partial charge in [-0.3, -0.25) is 4.79 Å². The highest BCUT2D eigenvalue weighted by atomic mass is 32.2. The van der Waals surface area contributed by atoms with Crippen molar-refractivity contribution in [3.05, 3.63) is 58.2 Å². The van der Waals surface area contributed by atoms with Crippen molar-refractivity contribution in [2.24, 2.45) is 11.8 Å². The van der Waals surface area contributed by atoms with Crippen LogP contribution in [0.3, 0.4) is 0 Å². The number of nitrogen functional groups attached to an aromatic ring is 1. The molecule has 1 aliphatic heterocycles. The van der Waals surface area contributed by atoms with E-state index < -0.39 is 34.1 Å². The number of aliphatic hydroxyl groups is 1. The fourth-order valence-corrected chi connectivity index (χ4v) is 8.74. The van der Waals surface area contributed by atoms with Gasteiger partial charge in [-0.05, 0) is 30.7 Å². The van der Waals surface area contributed by atoms with E-state index in [0.29, 0.717) is 19.6 Å². The maximum Gasteiger partial charge on any atom is 0.321 e. The Bertz CT molecular complexity index is 1540. The molecule has 45 heavy (non-hydrogen) atoms. The summed E-state index contributed by atoms with van der Waals surface area (Å²) >= 11 is 2.39. The number of sulfonamides is 1. The van der Waals surface area contributed by atoms with Crippen LogP contribution in [0.5, 0.6) is 0 Å². The number of aromatic nitrogens is 2. The number of hydrogen-bond acceptors (Lipinski definition) is 10. The van der Waals surface area contributed by atoms with Gasteiger partial charge in [-0.1, -0.05) is 69.4 Å². The monoisotopic (exact) mass is 677 g/mol. The summed E-state index contributed by atoms with van der Waals surface area (Å²) in [5.41, 5.74) is 7.39. The Morgan fingerprint density at radius 3 is 2.44 bits per heavy atom. The van der Waals surface area contributed by atoms with Crippen molar-refractivity contribution < 1.29 is 23.1 Å². The maximum atomic E-state index is 14.0. The van der Waals surface area contributed by atoms with Crippen molar-refractivity contribution in [1.29, 1.82) is 0 Å². The first-order valence-electron chi connectivity index (χ1n) is 15.0. The molecule has 3 heterocycles. The zero-order chi connectivity index (χ0) is 32.9. The second kappa shape index (κ2) is 15.0. The third-order valence-electron chi connectivity index (χ3n) is 7.53. The van der Waals surface area contributed by atoms with Crippen LogP contribution < -0.4 is 11.1 Å². The van der Waals surface area contributed by atoms with Gasteiger partial charge in [0.05, 0.1) is 35.6 Å². The third kappa shape index (κ3) is 8.79. The molecule has 1 saturated heterocycles. The van der Waals surface area contributed by atoms with Gasteiger partial charge in [-0.25, -0.2) is 23.2 Å². The van der Waals surface area contributed by atoms with E-state index in [0.717, 1.165) is 27.6 Å². The van der Waals surface area contributed by atoms with Gasteiger partial charge in [0.25, 0.3) is 10.0 Å². The molecular weight excluding hydrogens is 635 g/mol. The minimum atomic E-state index is -4.01. The molecule has 0 spiro atoms. The molecule has 246 valence electrons. The number of carbonyl (C=O) groups excluding carboxylic acids is 2. The second-order valence-corrected chi connectivity index (χ2v) is 16.3. The first-order valence-corrected chi connectivity index (χ1v) is 18.1. The van der Waals surface area contributed by atoms with Crippen LogP contribution in [0.25, 0.3) is 0 Å². The van der Waals surface area contributed by atoms with Gasteiger partial charge in [-0.2, -0.15) is 4.31 Å². The fourth-order valence-electron chi connectivity index (χ4n) is 5.44. The maximum absolute atomic E-state index is 14.0. The molecule has 2 aromatic heterocycles. The van der Waals surface area contributed by atoms with Crippen LogP contribution in [0.2, 0.25) is 0 Å². The van der Waals surface area contributed by atoms with Crippen LogP contribution in [0.15, 0.2) is 46.1 Å². The Morgan fingerprint density at radius 1 is 1.16 bits per heavy atom. The molecule has 0 saturated carbocycles. The smallest absolute Gasteiger partial charge is 0.321 e. The molecule has 0 aliphatic carbocycles. The summed E-state index contributed by atoms with van der Waals surface area (Å²) in [6.07, 6.45) is 0.210. The average molecular weight is 678 g/mol. The lowest BCUT2D eigenvalue weighted by Gasteiger charge is -2.34. The molecule has 3 aromatic rings. The van der Waals surface area contributed by atoms with Crippen molar-refractivity contribution in [1.82, 2.24) is 29.4 Å². The van der Waals surface area contributed by atoms with Gasteiger partial charge in [0.2, 0.25) is 5.91 Å². The van der Waals surface area contributed by atoms with E-state index in [2.05, 4.69) is 15.3 Å². The lowest BCUT2D eigenvalue weighted by molar-refractivity contribution is -0.128. The topological polar surface area (TPSA) is 162 Å². The Morgan fingerprint density at radius 2 is 1.87 bits per heavy atom. The van der Waals surface area contributed by atoms with E-state index in [9.17, 15) is 23.1 Å². The Labute approximate surface area is 273 Å². The number of anilines is 1. The minimum Gasteiger partial charge on any atom is -0.390 e. The van der Waals surface area contributed by atoms with Crippen LogP contribution in [0.4, 0.5) is 9.93 Å². The van der Waals surface area contributed by atoms with E-state index in [1.54, 1.807) is 9.80 Å². The second-order valence-electron chi connectivity index (χ2n) is 12.0. The minimum absolute atomic E-state index is 0.0127. The fraction of sp³-hybridized carbons (Fsp3) is 0.533. The van der Waals surface area contributed by atoms with Crippen molar-refractivity contribution >= 4 is 49.8 Å². The molecule has 3 atom stereocenters. The van der Waals surface area contributed by atoms with E-state index in [-0.39, 0.29) is 46.7 Å². The van der Waals surface area contributed by atoms with Crippen LogP contribution in [0, 0.1) is 18.8 Å². The number of nitrogens with zero attached hydrogens (tertiary/aromatic N) is 5. The van der Waals surface area contributed by atoms with E-state index >= 15 is 0 Å². The number of benzene rings is 1. The van der Waals surface area contributed by atoms with E-state index in [4.69, 9.17) is 5.73 Å². The Hall–Kier alpha value is -3.11. The lowest BCUT2D eigenvalue weighted by Crippen LogP contribution is -2.57. The number of urea groups is 1. The van der Waals surface area contributed by atoms with Crippen molar-refractivity contribution in [3.63, 3.8) is 0 Å². The summed E-state index contributed by atoms with van der Waals surface area (Å²) < 4.78 is 28.4. The summed E-state index contributed by atoms with van der Waals surface area (Å²) in [6.45, 7) is 10.5. The first kappa shape index (κ1) is 34.8. The molecule has 1 fully saturated rings. The highest BCUT2D eigenvalue weighted by Crippen LogP contribution is 2.26. The molecule has 4 N–H and O–H groups in total. The third-order valence-corrected chi connectivity index (χ3v) is 11.4. The standard InChI is InChI=1S/C30H43N7O5S3/c1-19(2)15-36(45(41,42)26-14-32-29(31)44-26)17-25(38)24(13-22-9-7-6-8-10-22)34-28(39)27(20(3)4)37-12-11-35(30(37)40)16-23-18-43-21(5)33-23/h6-10,14,18-20,24-25,27,38H,11-13,15-17H2,1-5H3,(H2,31,32)(H,34,39)/t24-,25-,27-/m0/s1. The predicted molar refractivity (Wildman–Crippen MR) is 176 cm³/mol. The SMILES string of the molecule is Cc1nc(CN2CCN([C@H](C(=O)N[C@@H](Cc3ccccc3)[C@@H](O)CN(CC(C)C)S(=O)(=O)c3cnc(N)s3)C(C)C)C2=O)cs1. The number of aryl methyl sites for hydroxylation is 1. The average Bonchev–Trinajstić information content (AvgIpc) is 3.69. The number of thiazole rings is 2. The molecule has 15 heteroatoms. The zero-order valence-electron chi connectivity index (χ0n) is 26.3. The molecule has 1 aromatic carbocycles. The predicted octanol–water partition coefficient (Wildman–Crippen LogP) is 3.19. The highest BCUT2D eigenvalue weighted by molar-refractivity contribution is 7.91.